The van der Waals surface area contributed by atoms with Crippen LogP contribution in [0.4, 0.5) is 0 Å². The number of aromatic nitrogens is 1. The van der Waals surface area contributed by atoms with Crippen LogP contribution in [0.5, 0.6) is 0 Å². The van der Waals surface area contributed by atoms with Gasteiger partial charge in [0.1, 0.15) is 6.04 Å². The number of nitrogens with zero attached hydrogens (tertiary/aromatic N) is 2. The van der Waals surface area contributed by atoms with E-state index in [-0.39, 0.29) is 30.3 Å². The summed E-state index contributed by atoms with van der Waals surface area (Å²) in [7, 11) is 0. The molecule has 1 saturated heterocycles. The first-order chi connectivity index (χ1) is 13.1. The lowest BCUT2D eigenvalue weighted by Gasteiger charge is -2.33. The summed E-state index contributed by atoms with van der Waals surface area (Å²) in [5.74, 6) is -0.261. The van der Waals surface area contributed by atoms with Gasteiger partial charge in [-0.25, -0.2) is 0 Å². The SMILES string of the molecule is CC(NC(=O)c1cccs1)C(=O)N(Cc1ccccn1)C1CCCNCC1.Cl. The van der Waals surface area contributed by atoms with Crippen LogP contribution in [0.25, 0.3) is 0 Å². The lowest BCUT2D eigenvalue weighted by Crippen LogP contribution is -2.50. The second-order valence-corrected chi connectivity index (χ2v) is 7.74. The first-order valence-electron chi connectivity index (χ1n) is 9.40. The Morgan fingerprint density at radius 2 is 2.14 bits per heavy atom. The van der Waals surface area contributed by atoms with Gasteiger partial charge in [-0.2, -0.15) is 0 Å². The number of thiophene rings is 1. The van der Waals surface area contributed by atoms with Crippen molar-refractivity contribution in [3.05, 3.63) is 52.5 Å². The lowest BCUT2D eigenvalue weighted by molar-refractivity contribution is -0.136. The summed E-state index contributed by atoms with van der Waals surface area (Å²) in [4.78, 5) is 32.5. The molecule has 8 heteroatoms. The van der Waals surface area contributed by atoms with Gasteiger partial charge in [-0.3, -0.25) is 14.6 Å². The van der Waals surface area contributed by atoms with Gasteiger partial charge in [0.15, 0.2) is 0 Å². The molecule has 6 nitrogen and oxygen atoms in total. The minimum absolute atomic E-state index is 0. The van der Waals surface area contributed by atoms with E-state index in [1.807, 2.05) is 34.5 Å². The molecule has 0 radical (unpaired) electrons. The van der Waals surface area contributed by atoms with Crippen LogP contribution >= 0.6 is 23.7 Å². The fourth-order valence-corrected chi connectivity index (χ4v) is 3.98. The van der Waals surface area contributed by atoms with Crippen LogP contribution < -0.4 is 10.6 Å². The zero-order chi connectivity index (χ0) is 19.1. The van der Waals surface area contributed by atoms with Crippen molar-refractivity contribution in [2.75, 3.05) is 13.1 Å². The summed E-state index contributed by atoms with van der Waals surface area (Å²) in [5.41, 5.74) is 0.861. The summed E-state index contributed by atoms with van der Waals surface area (Å²) in [6, 6.07) is 8.90. The highest BCUT2D eigenvalue weighted by Gasteiger charge is 2.29. The largest absolute Gasteiger partial charge is 0.340 e. The number of nitrogens with one attached hydrogen (secondary N) is 2. The van der Waals surface area contributed by atoms with Gasteiger partial charge in [0, 0.05) is 12.2 Å². The topological polar surface area (TPSA) is 74.3 Å². The van der Waals surface area contributed by atoms with E-state index in [4.69, 9.17) is 0 Å². The van der Waals surface area contributed by atoms with Crippen molar-refractivity contribution in [1.82, 2.24) is 20.5 Å². The van der Waals surface area contributed by atoms with Gasteiger partial charge >= 0.3 is 0 Å². The third kappa shape index (κ3) is 6.02. The number of hydrogen-bond donors (Lipinski definition) is 2. The average molecular weight is 423 g/mol. The van der Waals surface area contributed by atoms with Crippen molar-refractivity contribution in [1.29, 1.82) is 0 Å². The standard InChI is InChI=1S/C20H26N4O2S.ClH/c1-15(23-19(25)18-8-5-13-27-18)20(26)24(14-16-6-2-3-11-22-16)17-7-4-10-21-12-9-17;/h2-3,5-6,8,11,13,15,17,21H,4,7,9-10,12,14H2,1H3,(H,23,25);1H. The maximum absolute atomic E-state index is 13.2. The minimum atomic E-state index is -0.584. The molecule has 28 heavy (non-hydrogen) atoms. The van der Waals surface area contributed by atoms with Crippen LogP contribution in [0.1, 0.15) is 41.6 Å². The van der Waals surface area contributed by atoms with Gasteiger partial charge < -0.3 is 15.5 Å². The van der Waals surface area contributed by atoms with Crippen LogP contribution in [0, 0.1) is 0 Å². The van der Waals surface area contributed by atoms with Crippen molar-refractivity contribution in [2.45, 2.75) is 44.8 Å². The maximum atomic E-state index is 13.2. The Bertz CT molecular complexity index is 734. The first kappa shape index (κ1) is 22.3. The quantitative estimate of drug-likeness (QED) is 0.750. The predicted molar refractivity (Wildman–Crippen MR) is 114 cm³/mol. The molecule has 0 saturated carbocycles. The molecule has 0 aromatic carbocycles. The van der Waals surface area contributed by atoms with Crippen molar-refractivity contribution in [3.63, 3.8) is 0 Å². The van der Waals surface area contributed by atoms with Crippen LogP contribution in [-0.4, -0.2) is 46.9 Å². The van der Waals surface area contributed by atoms with Crippen molar-refractivity contribution >= 4 is 35.6 Å². The molecule has 2 aromatic heterocycles. The van der Waals surface area contributed by atoms with E-state index in [9.17, 15) is 9.59 Å². The summed E-state index contributed by atoms with van der Waals surface area (Å²) in [6.45, 7) is 4.09. The molecule has 0 bridgehead atoms. The molecule has 2 unspecified atom stereocenters. The van der Waals surface area contributed by atoms with Gasteiger partial charge in [-0.05, 0) is 62.9 Å². The molecule has 2 aromatic rings. The molecule has 2 atom stereocenters. The Hall–Kier alpha value is -1.96. The molecular weight excluding hydrogens is 396 g/mol. The Morgan fingerprint density at radius 1 is 1.29 bits per heavy atom. The monoisotopic (exact) mass is 422 g/mol. The predicted octanol–water partition coefficient (Wildman–Crippen LogP) is 2.85. The van der Waals surface area contributed by atoms with Crippen LogP contribution in [0.2, 0.25) is 0 Å². The number of pyridine rings is 1. The highest BCUT2D eigenvalue weighted by Crippen LogP contribution is 2.18. The second kappa shape index (κ2) is 11.1. The van der Waals surface area contributed by atoms with Gasteiger partial charge in [0.05, 0.1) is 17.1 Å². The Morgan fingerprint density at radius 3 is 2.86 bits per heavy atom. The van der Waals surface area contributed by atoms with Gasteiger partial charge in [-0.1, -0.05) is 12.1 Å². The molecule has 0 spiro atoms. The van der Waals surface area contributed by atoms with Crippen molar-refractivity contribution in [2.24, 2.45) is 0 Å². The molecule has 1 aliphatic heterocycles. The molecule has 1 fully saturated rings. The third-order valence-electron chi connectivity index (χ3n) is 4.79. The number of rotatable bonds is 6. The van der Waals surface area contributed by atoms with E-state index in [2.05, 4.69) is 15.6 Å². The first-order valence-corrected chi connectivity index (χ1v) is 10.3. The Kier molecular flexibility index (Phi) is 8.89. The number of carbonyl (C=O) groups is 2. The molecule has 1 aliphatic rings. The second-order valence-electron chi connectivity index (χ2n) is 6.79. The zero-order valence-corrected chi connectivity index (χ0v) is 17.6. The van der Waals surface area contributed by atoms with E-state index in [0.717, 1.165) is 38.0 Å². The van der Waals surface area contributed by atoms with E-state index >= 15 is 0 Å². The summed E-state index contributed by atoms with van der Waals surface area (Å²) < 4.78 is 0. The van der Waals surface area contributed by atoms with Gasteiger partial charge in [-0.15, -0.1) is 23.7 Å². The normalized spacial score (nSPS) is 17.7. The van der Waals surface area contributed by atoms with Gasteiger partial charge in [0.25, 0.3) is 5.91 Å². The van der Waals surface area contributed by atoms with Crippen molar-refractivity contribution in [3.8, 4) is 0 Å². The summed E-state index contributed by atoms with van der Waals surface area (Å²) in [5, 5.41) is 8.09. The molecule has 0 aliphatic carbocycles. The molecule has 3 heterocycles. The van der Waals surface area contributed by atoms with E-state index < -0.39 is 6.04 Å². The lowest BCUT2D eigenvalue weighted by atomic mass is 10.1. The fourth-order valence-electron chi connectivity index (χ4n) is 3.35. The van der Waals surface area contributed by atoms with E-state index in [0.29, 0.717) is 11.4 Å². The number of halogens is 1. The van der Waals surface area contributed by atoms with Gasteiger partial charge in [0.2, 0.25) is 5.91 Å². The zero-order valence-electron chi connectivity index (χ0n) is 16.0. The van der Waals surface area contributed by atoms with Crippen LogP contribution in [0.3, 0.4) is 0 Å². The van der Waals surface area contributed by atoms with Crippen LogP contribution in [-0.2, 0) is 11.3 Å². The molecule has 3 rings (SSSR count). The van der Waals surface area contributed by atoms with E-state index in [1.54, 1.807) is 19.2 Å². The van der Waals surface area contributed by atoms with E-state index in [1.165, 1.54) is 11.3 Å². The highest BCUT2D eigenvalue weighted by atomic mass is 35.5. The minimum Gasteiger partial charge on any atom is -0.340 e. The molecule has 152 valence electrons. The summed E-state index contributed by atoms with van der Waals surface area (Å²) >= 11 is 1.37. The average Bonchev–Trinajstić information content (AvgIpc) is 3.10. The smallest absolute Gasteiger partial charge is 0.261 e. The number of carbonyl (C=O) groups excluding carboxylic acids is 2. The third-order valence-corrected chi connectivity index (χ3v) is 5.66. The highest BCUT2D eigenvalue weighted by molar-refractivity contribution is 7.12. The molecule has 2 N–H and O–H groups in total. The van der Waals surface area contributed by atoms with Crippen molar-refractivity contribution < 1.29 is 9.59 Å². The number of hydrogen-bond acceptors (Lipinski definition) is 5. The summed E-state index contributed by atoms with van der Waals surface area (Å²) in [6.07, 6.45) is 4.64. The van der Waals surface area contributed by atoms with Crippen LogP contribution in [0.15, 0.2) is 41.9 Å². The molecule has 2 amide bonds. The Labute approximate surface area is 176 Å². The molecular formula is C20H27ClN4O2S. The Balaban J connectivity index is 0.00000280. The fraction of sp³-hybridized carbons (Fsp3) is 0.450. The number of amides is 2. The maximum Gasteiger partial charge on any atom is 0.261 e.